The molecule has 1 saturated heterocycles. The first-order valence-corrected chi connectivity index (χ1v) is 9.01. The molecule has 0 bridgehead atoms. The first-order chi connectivity index (χ1) is 12.8. The molecule has 0 radical (unpaired) electrons. The van der Waals surface area contributed by atoms with Crippen LogP contribution in [-0.2, 0) is 11.3 Å². The second kappa shape index (κ2) is 7.81. The predicted octanol–water partition coefficient (Wildman–Crippen LogP) is 3.47. The van der Waals surface area contributed by atoms with E-state index in [1.54, 1.807) is 0 Å². The van der Waals surface area contributed by atoms with Crippen LogP contribution in [-0.4, -0.2) is 41.3 Å². The summed E-state index contributed by atoms with van der Waals surface area (Å²) in [5.74, 6) is 1.31. The molecule has 26 heavy (non-hydrogen) atoms. The van der Waals surface area contributed by atoms with E-state index in [2.05, 4.69) is 41.4 Å². The van der Waals surface area contributed by atoms with Crippen LogP contribution in [0.5, 0.6) is 0 Å². The zero-order chi connectivity index (χ0) is 17.8. The Morgan fingerprint density at radius 1 is 1.04 bits per heavy atom. The molecule has 0 amide bonds. The predicted molar refractivity (Wildman–Crippen MR) is 98.8 cm³/mol. The molecule has 0 N–H and O–H groups in total. The molecule has 0 saturated carbocycles. The van der Waals surface area contributed by atoms with E-state index in [-0.39, 0.29) is 5.92 Å². The number of hydrogen-bond donors (Lipinski definition) is 0. The average Bonchev–Trinajstić information content (AvgIpc) is 3.36. The van der Waals surface area contributed by atoms with Gasteiger partial charge in [-0.3, -0.25) is 4.90 Å². The van der Waals surface area contributed by atoms with Gasteiger partial charge in [0.15, 0.2) is 5.82 Å². The monoisotopic (exact) mass is 349 g/mol. The molecule has 0 unspecified atom stereocenters. The van der Waals surface area contributed by atoms with Crippen molar-refractivity contribution in [3.63, 3.8) is 0 Å². The largest absolute Gasteiger partial charge is 0.380 e. The number of nitrogens with zero attached hydrogens (tertiary/aromatic N) is 3. The Morgan fingerprint density at radius 2 is 1.69 bits per heavy atom. The highest BCUT2D eigenvalue weighted by Gasteiger charge is 2.25. The maximum atomic E-state index is 5.58. The Bertz CT molecular complexity index is 774. The average molecular weight is 349 g/mol. The number of benzene rings is 2. The van der Waals surface area contributed by atoms with Gasteiger partial charge in [0.2, 0.25) is 5.89 Å². The number of aromatic nitrogens is 2. The van der Waals surface area contributed by atoms with Crippen LogP contribution >= 0.6 is 0 Å². The second-order valence-electron chi connectivity index (χ2n) is 6.73. The SMILES string of the molecule is CN(Cc1nc(C(c2ccccc2)c2ccccc2)no1)[C@@H]1CCOC1. The van der Waals surface area contributed by atoms with Crippen LogP contribution in [0.3, 0.4) is 0 Å². The van der Waals surface area contributed by atoms with Crippen LogP contribution < -0.4 is 0 Å². The van der Waals surface area contributed by atoms with E-state index in [1.165, 1.54) is 0 Å². The van der Waals surface area contributed by atoms with Crippen molar-refractivity contribution in [2.75, 3.05) is 20.3 Å². The van der Waals surface area contributed by atoms with Gasteiger partial charge in [0, 0.05) is 12.6 Å². The maximum absolute atomic E-state index is 5.58. The van der Waals surface area contributed by atoms with Crippen molar-refractivity contribution in [1.29, 1.82) is 0 Å². The van der Waals surface area contributed by atoms with Gasteiger partial charge in [-0.1, -0.05) is 65.8 Å². The molecule has 5 nitrogen and oxygen atoms in total. The molecule has 0 spiro atoms. The van der Waals surface area contributed by atoms with Crippen LogP contribution in [0.25, 0.3) is 0 Å². The van der Waals surface area contributed by atoms with Gasteiger partial charge in [-0.15, -0.1) is 0 Å². The van der Waals surface area contributed by atoms with Crippen molar-refractivity contribution in [2.45, 2.75) is 24.9 Å². The molecule has 1 atom stereocenters. The second-order valence-corrected chi connectivity index (χ2v) is 6.73. The van der Waals surface area contributed by atoms with Crippen molar-refractivity contribution in [1.82, 2.24) is 15.0 Å². The van der Waals surface area contributed by atoms with E-state index in [1.807, 2.05) is 36.4 Å². The van der Waals surface area contributed by atoms with Crippen molar-refractivity contribution >= 4 is 0 Å². The third-order valence-corrected chi connectivity index (χ3v) is 4.92. The maximum Gasteiger partial charge on any atom is 0.240 e. The molecule has 134 valence electrons. The lowest BCUT2D eigenvalue weighted by Crippen LogP contribution is -2.31. The third-order valence-electron chi connectivity index (χ3n) is 4.92. The minimum Gasteiger partial charge on any atom is -0.380 e. The Morgan fingerprint density at radius 3 is 2.27 bits per heavy atom. The van der Waals surface area contributed by atoms with Gasteiger partial charge < -0.3 is 9.26 Å². The van der Waals surface area contributed by atoms with Gasteiger partial charge in [0.1, 0.15) is 0 Å². The lowest BCUT2D eigenvalue weighted by Gasteiger charge is -2.20. The molecular weight excluding hydrogens is 326 g/mol. The van der Waals surface area contributed by atoms with Crippen LogP contribution in [0, 0.1) is 0 Å². The highest BCUT2D eigenvalue weighted by atomic mass is 16.5. The van der Waals surface area contributed by atoms with E-state index in [9.17, 15) is 0 Å². The molecule has 1 fully saturated rings. The van der Waals surface area contributed by atoms with Crippen molar-refractivity contribution < 1.29 is 9.26 Å². The molecule has 0 aliphatic carbocycles. The molecule has 1 aliphatic heterocycles. The summed E-state index contributed by atoms with van der Waals surface area (Å²) in [7, 11) is 2.08. The molecule has 1 aliphatic rings. The fourth-order valence-electron chi connectivity index (χ4n) is 3.44. The van der Waals surface area contributed by atoms with Crippen LogP contribution in [0.2, 0.25) is 0 Å². The standard InChI is InChI=1S/C21H23N3O2/c1-24(18-12-13-25-15-18)14-19-22-21(23-26-19)20(16-8-4-2-5-9-16)17-10-6-3-7-11-17/h2-11,18,20H,12-15H2,1H3/t18-/m1/s1. The van der Waals surface area contributed by atoms with Gasteiger partial charge in [-0.05, 0) is 24.6 Å². The number of hydrogen-bond acceptors (Lipinski definition) is 5. The molecule has 2 heterocycles. The summed E-state index contributed by atoms with van der Waals surface area (Å²) in [4.78, 5) is 6.94. The van der Waals surface area contributed by atoms with Crippen LogP contribution in [0.15, 0.2) is 65.2 Å². The number of likely N-dealkylation sites (N-methyl/N-ethyl adjacent to an activating group) is 1. The molecular formula is C21H23N3O2. The van der Waals surface area contributed by atoms with E-state index in [0.29, 0.717) is 24.3 Å². The Kier molecular flexibility index (Phi) is 5.09. The van der Waals surface area contributed by atoms with Crippen molar-refractivity contribution in [3.8, 4) is 0 Å². The summed E-state index contributed by atoms with van der Waals surface area (Å²) in [5.41, 5.74) is 2.31. The lowest BCUT2D eigenvalue weighted by atomic mass is 9.91. The Hall–Kier alpha value is -2.50. The van der Waals surface area contributed by atoms with Gasteiger partial charge >= 0.3 is 0 Å². The lowest BCUT2D eigenvalue weighted by molar-refractivity contribution is 0.148. The summed E-state index contributed by atoms with van der Waals surface area (Å²) in [6.07, 6.45) is 1.05. The summed E-state index contributed by atoms with van der Waals surface area (Å²) in [5, 5.41) is 4.30. The fourth-order valence-corrected chi connectivity index (χ4v) is 3.44. The normalized spacial score (nSPS) is 17.3. The third kappa shape index (κ3) is 3.69. The molecule has 4 rings (SSSR count). The smallest absolute Gasteiger partial charge is 0.240 e. The quantitative estimate of drug-likeness (QED) is 0.682. The first kappa shape index (κ1) is 16.9. The van der Waals surface area contributed by atoms with E-state index in [0.717, 1.165) is 30.8 Å². The summed E-state index contributed by atoms with van der Waals surface area (Å²) in [6.45, 7) is 2.24. The number of ether oxygens (including phenoxy) is 1. The van der Waals surface area contributed by atoms with Gasteiger partial charge in [-0.2, -0.15) is 4.98 Å². The minimum atomic E-state index is -0.0324. The van der Waals surface area contributed by atoms with Crippen molar-refractivity contribution in [3.05, 3.63) is 83.5 Å². The number of rotatable bonds is 6. The Labute approximate surface area is 153 Å². The molecule has 2 aromatic carbocycles. The first-order valence-electron chi connectivity index (χ1n) is 9.01. The van der Waals surface area contributed by atoms with E-state index >= 15 is 0 Å². The van der Waals surface area contributed by atoms with Gasteiger partial charge in [-0.25, -0.2) is 0 Å². The molecule has 1 aromatic heterocycles. The van der Waals surface area contributed by atoms with Gasteiger partial charge in [0.05, 0.1) is 19.1 Å². The van der Waals surface area contributed by atoms with E-state index in [4.69, 9.17) is 14.2 Å². The zero-order valence-corrected chi connectivity index (χ0v) is 14.9. The highest BCUT2D eigenvalue weighted by Crippen LogP contribution is 2.30. The molecule has 3 aromatic rings. The summed E-state index contributed by atoms with van der Waals surface area (Å²) >= 11 is 0. The van der Waals surface area contributed by atoms with Crippen LogP contribution in [0.1, 0.15) is 35.2 Å². The topological polar surface area (TPSA) is 51.4 Å². The van der Waals surface area contributed by atoms with E-state index < -0.39 is 0 Å². The Balaban J connectivity index is 1.60. The zero-order valence-electron chi connectivity index (χ0n) is 14.9. The van der Waals surface area contributed by atoms with Crippen LogP contribution in [0.4, 0.5) is 0 Å². The van der Waals surface area contributed by atoms with Gasteiger partial charge in [0.25, 0.3) is 0 Å². The minimum absolute atomic E-state index is 0.0324. The fraction of sp³-hybridized carbons (Fsp3) is 0.333. The molecule has 5 heteroatoms. The summed E-state index contributed by atoms with van der Waals surface area (Å²) in [6, 6.07) is 21.1. The highest BCUT2D eigenvalue weighted by molar-refractivity contribution is 5.37. The van der Waals surface area contributed by atoms with Crippen molar-refractivity contribution in [2.24, 2.45) is 0 Å². The summed E-state index contributed by atoms with van der Waals surface area (Å²) < 4.78 is 11.0.